The molecule has 1 aliphatic rings. The van der Waals surface area contributed by atoms with Crippen molar-refractivity contribution in [2.24, 2.45) is 5.92 Å². The molecule has 0 spiro atoms. The number of nitrogens with zero attached hydrogens (tertiary/aromatic N) is 1. The van der Waals surface area contributed by atoms with Crippen LogP contribution < -0.4 is 10.1 Å². The van der Waals surface area contributed by atoms with Gasteiger partial charge in [0.25, 0.3) is 5.91 Å². The smallest absolute Gasteiger partial charge is 0.254 e. The molecule has 0 radical (unpaired) electrons. The van der Waals surface area contributed by atoms with Crippen LogP contribution in [0.4, 0.5) is 8.78 Å². The molecule has 2 aromatic carbocycles. The zero-order chi connectivity index (χ0) is 18.7. The number of methoxy groups -OCH3 is 1. The van der Waals surface area contributed by atoms with Crippen molar-refractivity contribution in [1.82, 2.24) is 10.2 Å². The Morgan fingerprint density at radius 2 is 1.88 bits per heavy atom. The molecule has 1 aliphatic heterocycles. The number of nitrogens with one attached hydrogen (secondary N) is 1. The molecule has 3 rings (SSSR count). The predicted octanol–water partition coefficient (Wildman–Crippen LogP) is 2.36. The van der Waals surface area contributed by atoms with E-state index in [0.29, 0.717) is 12.3 Å². The highest BCUT2D eigenvalue weighted by Crippen LogP contribution is 2.21. The van der Waals surface area contributed by atoms with E-state index in [9.17, 15) is 18.4 Å². The number of hydrogen-bond donors (Lipinski definition) is 1. The number of hydrogen-bond acceptors (Lipinski definition) is 3. The second-order valence-electron chi connectivity index (χ2n) is 6.07. The molecule has 7 heteroatoms. The number of carbonyl (C=O) groups excluding carboxylic acids is 2. The monoisotopic (exact) mass is 360 g/mol. The maximum atomic E-state index is 13.2. The maximum Gasteiger partial charge on any atom is 0.254 e. The van der Waals surface area contributed by atoms with E-state index < -0.39 is 17.5 Å². The summed E-state index contributed by atoms with van der Waals surface area (Å²) in [7, 11) is 1.56. The van der Waals surface area contributed by atoms with E-state index in [1.165, 1.54) is 11.0 Å². The van der Waals surface area contributed by atoms with Crippen molar-refractivity contribution in [3.8, 4) is 5.75 Å². The summed E-state index contributed by atoms with van der Waals surface area (Å²) in [6.45, 7) is 0.821. The number of benzene rings is 2. The minimum Gasteiger partial charge on any atom is -0.496 e. The van der Waals surface area contributed by atoms with E-state index in [2.05, 4.69) is 5.32 Å². The molecule has 136 valence electrons. The zero-order valence-corrected chi connectivity index (χ0v) is 14.2. The fourth-order valence-corrected chi connectivity index (χ4v) is 2.80. The summed E-state index contributed by atoms with van der Waals surface area (Å²) < 4.78 is 31.4. The summed E-state index contributed by atoms with van der Waals surface area (Å²) in [6, 6.07) is 10.4. The van der Waals surface area contributed by atoms with E-state index in [0.717, 1.165) is 17.7 Å². The van der Waals surface area contributed by atoms with Gasteiger partial charge < -0.3 is 15.0 Å². The van der Waals surface area contributed by atoms with Gasteiger partial charge in [-0.25, -0.2) is 8.78 Å². The number of ether oxygens (including phenoxy) is 1. The molecule has 0 aromatic heterocycles. The van der Waals surface area contributed by atoms with E-state index in [-0.39, 0.29) is 30.5 Å². The van der Waals surface area contributed by atoms with E-state index >= 15 is 0 Å². The van der Waals surface area contributed by atoms with Gasteiger partial charge >= 0.3 is 0 Å². The van der Waals surface area contributed by atoms with Gasteiger partial charge in [0.1, 0.15) is 5.75 Å². The highest BCUT2D eigenvalue weighted by atomic mass is 19.2. The van der Waals surface area contributed by atoms with Crippen LogP contribution in [0.2, 0.25) is 0 Å². The van der Waals surface area contributed by atoms with Crippen molar-refractivity contribution in [3.05, 3.63) is 65.2 Å². The van der Waals surface area contributed by atoms with E-state index in [4.69, 9.17) is 4.74 Å². The quantitative estimate of drug-likeness (QED) is 0.891. The molecule has 2 aromatic rings. The number of amides is 2. The van der Waals surface area contributed by atoms with Gasteiger partial charge in [-0.3, -0.25) is 9.59 Å². The van der Waals surface area contributed by atoms with Crippen LogP contribution >= 0.6 is 0 Å². The highest BCUT2D eigenvalue weighted by molar-refractivity contribution is 5.96. The number of rotatable bonds is 5. The summed E-state index contributed by atoms with van der Waals surface area (Å²) in [5.74, 6) is -2.28. The van der Waals surface area contributed by atoms with Gasteiger partial charge in [0.05, 0.1) is 13.0 Å². The van der Waals surface area contributed by atoms with Crippen LogP contribution in [0.1, 0.15) is 15.9 Å². The molecule has 5 nitrogen and oxygen atoms in total. The molecule has 2 amide bonds. The first kappa shape index (κ1) is 17.8. The number of likely N-dealkylation sites (tertiary alicyclic amines) is 1. The van der Waals surface area contributed by atoms with E-state index in [1.807, 2.05) is 24.3 Å². The van der Waals surface area contributed by atoms with Crippen LogP contribution in [0, 0.1) is 17.6 Å². The number of para-hydroxylation sites is 1. The summed E-state index contributed by atoms with van der Waals surface area (Å²) in [4.78, 5) is 25.8. The van der Waals surface area contributed by atoms with Gasteiger partial charge in [0.15, 0.2) is 11.6 Å². The Bertz CT molecular complexity index is 835. The molecule has 1 N–H and O–H groups in total. The first-order valence-electron chi connectivity index (χ1n) is 8.13. The van der Waals surface area contributed by atoms with Crippen LogP contribution in [0.25, 0.3) is 0 Å². The van der Waals surface area contributed by atoms with Crippen LogP contribution in [0.5, 0.6) is 5.75 Å². The average molecular weight is 360 g/mol. The Kier molecular flexibility index (Phi) is 5.16. The molecule has 0 aliphatic carbocycles. The van der Waals surface area contributed by atoms with Crippen LogP contribution in [-0.2, 0) is 11.3 Å². The number of carbonyl (C=O) groups is 2. The Balaban J connectivity index is 1.52. The molecule has 0 atom stereocenters. The topological polar surface area (TPSA) is 58.6 Å². The maximum absolute atomic E-state index is 13.2. The molecule has 1 saturated heterocycles. The van der Waals surface area contributed by atoms with Crippen molar-refractivity contribution >= 4 is 11.8 Å². The SMILES string of the molecule is COc1ccccc1CNC(=O)C1CN(C(=O)c2ccc(F)c(F)c2)C1. The minimum absolute atomic E-state index is 0.0665. The fraction of sp³-hybridized carbons (Fsp3) is 0.263. The minimum atomic E-state index is -1.07. The summed E-state index contributed by atoms with van der Waals surface area (Å²) in [5, 5.41) is 2.82. The molecular weight excluding hydrogens is 342 g/mol. The largest absolute Gasteiger partial charge is 0.496 e. The second kappa shape index (κ2) is 7.51. The van der Waals surface area contributed by atoms with Gasteiger partial charge in [-0.15, -0.1) is 0 Å². The molecule has 1 fully saturated rings. The average Bonchev–Trinajstić information content (AvgIpc) is 2.61. The van der Waals surface area contributed by atoms with Crippen molar-refractivity contribution < 1.29 is 23.1 Å². The highest BCUT2D eigenvalue weighted by Gasteiger charge is 2.36. The Morgan fingerprint density at radius 3 is 2.58 bits per heavy atom. The molecule has 26 heavy (non-hydrogen) atoms. The normalized spacial score (nSPS) is 13.9. The van der Waals surface area contributed by atoms with Crippen molar-refractivity contribution in [1.29, 1.82) is 0 Å². The van der Waals surface area contributed by atoms with Crippen molar-refractivity contribution in [3.63, 3.8) is 0 Å². The van der Waals surface area contributed by atoms with Crippen molar-refractivity contribution in [2.45, 2.75) is 6.54 Å². The summed E-state index contributed by atoms with van der Waals surface area (Å²) in [5.41, 5.74) is 0.925. The molecular formula is C19H18F2N2O3. The lowest BCUT2D eigenvalue weighted by Crippen LogP contribution is -2.55. The predicted molar refractivity (Wildman–Crippen MR) is 90.6 cm³/mol. The third kappa shape index (κ3) is 3.66. The second-order valence-corrected chi connectivity index (χ2v) is 6.07. The third-order valence-electron chi connectivity index (χ3n) is 4.35. The lowest BCUT2D eigenvalue weighted by molar-refractivity contribution is -0.129. The van der Waals surface area contributed by atoms with Gasteiger partial charge in [-0.05, 0) is 24.3 Å². The molecule has 0 unspecified atom stereocenters. The van der Waals surface area contributed by atoms with Gasteiger partial charge in [-0.1, -0.05) is 18.2 Å². The van der Waals surface area contributed by atoms with Crippen LogP contribution in [0.15, 0.2) is 42.5 Å². The molecule has 0 saturated carbocycles. The molecule has 0 bridgehead atoms. The van der Waals surface area contributed by atoms with Crippen LogP contribution in [-0.4, -0.2) is 36.9 Å². The Hall–Kier alpha value is -2.96. The summed E-state index contributed by atoms with van der Waals surface area (Å²) >= 11 is 0. The summed E-state index contributed by atoms with van der Waals surface area (Å²) in [6.07, 6.45) is 0. The van der Waals surface area contributed by atoms with Gasteiger partial charge in [-0.2, -0.15) is 0 Å². The zero-order valence-electron chi connectivity index (χ0n) is 14.2. The molecule has 1 heterocycles. The first-order valence-corrected chi connectivity index (χ1v) is 8.13. The Morgan fingerprint density at radius 1 is 1.15 bits per heavy atom. The number of halogens is 2. The van der Waals surface area contributed by atoms with Crippen LogP contribution in [0.3, 0.4) is 0 Å². The van der Waals surface area contributed by atoms with Gasteiger partial charge in [0, 0.05) is 30.8 Å². The Labute approximate surface area is 149 Å². The first-order chi connectivity index (χ1) is 12.5. The van der Waals surface area contributed by atoms with Crippen molar-refractivity contribution in [2.75, 3.05) is 20.2 Å². The standard InChI is InChI=1S/C19H18F2N2O3/c1-26-17-5-3-2-4-13(17)9-22-18(24)14-10-23(11-14)19(25)12-6-7-15(20)16(21)8-12/h2-8,14H,9-11H2,1H3,(H,22,24). The fourth-order valence-electron chi connectivity index (χ4n) is 2.80. The lowest BCUT2D eigenvalue weighted by atomic mass is 9.97. The van der Waals surface area contributed by atoms with E-state index in [1.54, 1.807) is 7.11 Å². The lowest BCUT2D eigenvalue weighted by Gasteiger charge is -2.38. The third-order valence-corrected chi connectivity index (χ3v) is 4.35. The van der Waals surface area contributed by atoms with Gasteiger partial charge in [0.2, 0.25) is 5.91 Å².